The maximum atomic E-state index is 12.9. The molecule has 0 saturated carbocycles. The van der Waals surface area contributed by atoms with Crippen molar-refractivity contribution in [3.05, 3.63) is 90.0 Å². The Morgan fingerprint density at radius 1 is 0.886 bits per heavy atom. The molecule has 1 saturated heterocycles. The Balaban J connectivity index is 1.22. The number of carbonyl (C=O) groups excluding carboxylic acids is 1. The van der Waals surface area contributed by atoms with Crippen LogP contribution in [0.1, 0.15) is 35.4 Å². The van der Waals surface area contributed by atoms with Crippen molar-refractivity contribution in [1.82, 2.24) is 10.2 Å². The number of nitrogens with one attached hydrogen (secondary N) is 1. The van der Waals surface area contributed by atoms with Crippen molar-refractivity contribution in [2.45, 2.75) is 19.4 Å². The van der Waals surface area contributed by atoms with Crippen LogP contribution in [0.2, 0.25) is 0 Å². The average molecular weight is 474 g/mol. The van der Waals surface area contributed by atoms with E-state index in [2.05, 4.69) is 27.2 Å². The molecule has 0 aromatic heterocycles. The zero-order valence-corrected chi connectivity index (χ0v) is 20.7. The van der Waals surface area contributed by atoms with Crippen LogP contribution in [0.4, 0.5) is 5.69 Å². The van der Waals surface area contributed by atoms with Crippen LogP contribution in [-0.2, 0) is 0 Å². The summed E-state index contributed by atoms with van der Waals surface area (Å²) in [6.45, 7) is 7.53. The lowest BCUT2D eigenvalue weighted by Gasteiger charge is -2.36. The van der Waals surface area contributed by atoms with Gasteiger partial charge in [-0.2, -0.15) is 0 Å². The number of methoxy groups -OCH3 is 1. The number of para-hydroxylation sites is 3. The van der Waals surface area contributed by atoms with E-state index in [0.29, 0.717) is 17.9 Å². The first-order valence-corrected chi connectivity index (χ1v) is 12.3. The SMILES string of the molecule is COc1ccccc1N1CCN(CCCNC(=O)c2ccccc2OC(C)c2ccccc2)CC1. The Kier molecular flexibility index (Phi) is 8.63. The minimum Gasteiger partial charge on any atom is -0.495 e. The van der Waals surface area contributed by atoms with Gasteiger partial charge in [0, 0.05) is 32.7 Å². The molecule has 184 valence electrons. The van der Waals surface area contributed by atoms with Crippen molar-refractivity contribution >= 4 is 11.6 Å². The second-order valence-electron chi connectivity index (χ2n) is 8.78. The average Bonchev–Trinajstić information content (AvgIpc) is 2.92. The number of piperazine rings is 1. The van der Waals surface area contributed by atoms with Gasteiger partial charge >= 0.3 is 0 Å². The molecule has 0 radical (unpaired) electrons. The number of carbonyl (C=O) groups is 1. The molecule has 1 amide bonds. The molecule has 3 aromatic carbocycles. The monoisotopic (exact) mass is 473 g/mol. The first-order valence-electron chi connectivity index (χ1n) is 12.3. The number of rotatable bonds is 10. The number of amides is 1. The third kappa shape index (κ3) is 6.55. The highest BCUT2D eigenvalue weighted by Gasteiger charge is 2.19. The summed E-state index contributed by atoms with van der Waals surface area (Å²) in [6.07, 6.45) is 0.767. The lowest BCUT2D eigenvalue weighted by Crippen LogP contribution is -2.47. The van der Waals surface area contributed by atoms with E-state index < -0.39 is 0 Å². The van der Waals surface area contributed by atoms with Crippen LogP contribution >= 0.6 is 0 Å². The molecule has 3 aromatic rings. The Morgan fingerprint density at radius 3 is 2.29 bits per heavy atom. The van der Waals surface area contributed by atoms with Crippen molar-refractivity contribution in [1.29, 1.82) is 0 Å². The van der Waals surface area contributed by atoms with Gasteiger partial charge in [0.1, 0.15) is 17.6 Å². The topological polar surface area (TPSA) is 54.0 Å². The molecule has 1 aliphatic rings. The predicted octanol–water partition coefficient (Wildman–Crippen LogP) is 4.78. The number of benzene rings is 3. The minimum atomic E-state index is -0.139. The smallest absolute Gasteiger partial charge is 0.255 e. The number of anilines is 1. The summed E-state index contributed by atoms with van der Waals surface area (Å²) in [5.41, 5.74) is 2.80. The fourth-order valence-corrected chi connectivity index (χ4v) is 4.44. The number of nitrogens with zero attached hydrogens (tertiary/aromatic N) is 2. The van der Waals surface area contributed by atoms with Gasteiger partial charge < -0.3 is 19.7 Å². The Hall–Kier alpha value is -3.51. The van der Waals surface area contributed by atoms with Gasteiger partial charge in [0.2, 0.25) is 0 Å². The van der Waals surface area contributed by atoms with Crippen molar-refractivity contribution < 1.29 is 14.3 Å². The van der Waals surface area contributed by atoms with Crippen LogP contribution in [0.3, 0.4) is 0 Å². The van der Waals surface area contributed by atoms with Crippen molar-refractivity contribution in [3.8, 4) is 11.5 Å². The van der Waals surface area contributed by atoms with Gasteiger partial charge in [0.25, 0.3) is 5.91 Å². The molecular weight excluding hydrogens is 438 g/mol. The van der Waals surface area contributed by atoms with E-state index in [0.717, 1.165) is 56.1 Å². The van der Waals surface area contributed by atoms with Crippen molar-refractivity contribution in [2.75, 3.05) is 51.3 Å². The molecule has 1 heterocycles. The zero-order chi connectivity index (χ0) is 24.5. The molecule has 1 fully saturated rings. The van der Waals surface area contributed by atoms with E-state index in [9.17, 15) is 4.79 Å². The molecule has 6 heteroatoms. The summed E-state index contributed by atoms with van der Waals surface area (Å²) in [6, 6.07) is 25.7. The fraction of sp³-hybridized carbons (Fsp3) is 0.345. The molecule has 1 N–H and O–H groups in total. The lowest BCUT2D eigenvalue weighted by molar-refractivity contribution is 0.0944. The highest BCUT2D eigenvalue weighted by molar-refractivity contribution is 5.96. The second kappa shape index (κ2) is 12.3. The van der Waals surface area contributed by atoms with Gasteiger partial charge in [0.05, 0.1) is 18.4 Å². The highest BCUT2D eigenvalue weighted by atomic mass is 16.5. The van der Waals surface area contributed by atoms with Crippen molar-refractivity contribution in [3.63, 3.8) is 0 Å². The Bertz CT molecular complexity index is 1080. The van der Waals surface area contributed by atoms with E-state index in [1.807, 2.05) is 73.7 Å². The van der Waals surface area contributed by atoms with E-state index >= 15 is 0 Å². The van der Waals surface area contributed by atoms with E-state index in [4.69, 9.17) is 9.47 Å². The summed E-state index contributed by atoms with van der Waals surface area (Å²) >= 11 is 0. The lowest BCUT2D eigenvalue weighted by atomic mass is 10.1. The Labute approximate surface area is 208 Å². The van der Waals surface area contributed by atoms with Crippen LogP contribution in [0.25, 0.3) is 0 Å². The molecule has 0 aliphatic carbocycles. The van der Waals surface area contributed by atoms with E-state index in [1.54, 1.807) is 7.11 Å². The van der Waals surface area contributed by atoms with Gasteiger partial charge in [-0.05, 0) is 49.7 Å². The first kappa shape index (κ1) is 24.6. The standard InChI is InChI=1S/C29H35N3O3/c1-23(24-11-4-3-5-12-24)35-27-15-8-6-13-25(27)29(33)30-17-10-18-31-19-21-32(22-20-31)26-14-7-9-16-28(26)34-2/h3-9,11-16,23H,10,17-22H2,1-2H3,(H,30,33). The first-order chi connectivity index (χ1) is 17.2. The van der Waals surface area contributed by atoms with Gasteiger partial charge in [0.15, 0.2) is 0 Å². The van der Waals surface area contributed by atoms with Gasteiger partial charge in [-0.3, -0.25) is 9.69 Å². The fourth-order valence-electron chi connectivity index (χ4n) is 4.44. The molecule has 35 heavy (non-hydrogen) atoms. The normalized spacial score (nSPS) is 14.9. The summed E-state index contributed by atoms with van der Waals surface area (Å²) in [5, 5.41) is 3.07. The molecule has 6 nitrogen and oxygen atoms in total. The number of hydrogen-bond acceptors (Lipinski definition) is 5. The van der Waals surface area contributed by atoms with Gasteiger partial charge in [-0.1, -0.05) is 54.6 Å². The van der Waals surface area contributed by atoms with Crippen molar-refractivity contribution in [2.24, 2.45) is 0 Å². The molecule has 1 atom stereocenters. The van der Waals surface area contributed by atoms with E-state index in [-0.39, 0.29) is 12.0 Å². The maximum Gasteiger partial charge on any atom is 0.255 e. The summed E-state index contributed by atoms with van der Waals surface area (Å²) in [5.74, 6) is 1.43. The minimum absolute atomic E-state index is 0.0955. The highest BCUT2D eigenvalue weighted by Crippen LogP contribution is 2.28. The van der Waals surface area contributed by atoms with E-state index in [1.165, 1.54) is 0 Å². The summed E-state index contributed by atoms with van der Waals surface area (Å²) < 4.78 is 11.6. The van der Waals surface area contributed by atoms with Gasteiger partial charge in [-0.25, -0.2) is 0 Å². The quantitative estimate of drug-likeness (QED) is 0.430. The summed E-state index contributed by atoms with van der Waals surface area (Å²) in [4.78, 5) is 17.7. The Morgan fingerprint density at radius 2 is 1.54 bits per heavy atom. The zero-order valence-electron chi connectivity index (χ0n) is 20.7. The third-order valence-electron chi connectivity index (χ3n) is 6.44. The maximum absolute atomic E-state index is 12.9. The molecule has 0 spiro atoms. The van der Waals surface area contributed by atoms with Crippen LogP contribution in [0.15, 0.2) is 78.9 Å². The van der Waals surface area contributed by atoms with Crippen LogP contribution in [0, 0.1) is 0 Å². The van der Waals surface area contributed by atoms with Crippen LogP contribution in [0.5, 0.6) is 11.5 Å². The summed E-state index contributed by atoms with van der Waals surface area (Å²) in [7, 11) is 1.72. The molecule has 4 rings (SSSR count). The largest absolute Gasteiger partial charge is 0.495 e. The predicted molar refractivity (Wildman–Crippen MR) is 141 cm³/mol. The molecule has 1 unspecified atom stereocenters. The number of hydrogen-bond donors (Lipinski definition) is 1. The number of ether oxygens (including phenoxy) is 2. The molecular formula is C29H35N3O3. The third-order valence-corrected chi connectivity index (χ3v) is 6.44. The second-order valence-corrected chi connectivity index (χ2v) is 8.78. The molecule has 1 aliphatic heterocycles. The van der Waals surface area contributed by atoms with Crippen LogP contribution < -0.4 is 19.7 Å². The molecule has 0 bridgehead atoms. The van der Waals surface area contributed by atoms with Crippen LogP contribution in [-0.4, -0.2) is 57.2 Å². The van der Waals surface area contributed by atoms with Gasteiger partial charge in [-0.15, -0.1) is 0 Å².